The van der Waals surface area contributed by atoms with Crippen LogP contribution in [0.1, 0.15) is 37.3 Å². The fraction of sp³-hybridized carbons (Fsp3) is 0.429. The van der Waals surface area contributed by atoms with E-state index in [0.717, 1.165) is 25.7 Å². The maximum atomic E-state index is 12.5. The third kappa shape index (κ3) is 4.53. The van der Waals surface area contributed by atoms with Crippen LogP contribution < -0.4 is 4.72 Å². The largest absolute Gasteiger partial charge is 0.302 e. The maximum absolute atomic E-state index is 12.5. The van der Waals surface area contributed by atoms with Crippen molar-refractivity contribution in [2.24, 2.45) is 5.92 Å². The second-order valence-electron chi connectivity index (χ2n) is 7.37. The molecular weight excluding hydrogens is 344 g/mol. The summed E-state index contributed by atoms with van der Waals surface area (Å²) < 4.78 is 28.0. The lowest BCUT2D eigenvalue weighted by molar-refractivity contribution is 0.161. The summed E-state index contributed by atoms with van der Waals surface area (Å²) in [5, 5.41) is 0. The molecule has 0 aromatic heterocycles. The minimum absolute atomic E-state index is 0.0232. The van der Waals surface area contributed by atoms with Crippen molar-refractivity contribution < 1.29 is 8.42 Å². The molecule has 4 nitrogen and oxygen atoms in total. The second-order valence-corrected chi connectivity index (χ2v) is 9.08. The van der Waals surface area contributed by atoms with E-state index in [4.69, 9.17) is 0 Å². The van der Waals surface area contributed by atoms with Crippen molar-refractivity contribution in [1.29, 1.82) is 0 Å². The number of nitrogens with one attached hydrogen (secondary N) is 1. The highest BCUT2D eigenvalue weighted by Crippen LogP contribution is 2.37. The van der Waals surface area contributed by atoms with Gasteiger partial charge in [-0.2, -0.15) is 0 Å². The first-order valence-electron chi connectivity index (χ1n) is 9.26. The minimum Gasteiger partial charge on any atom is -0.302 e. The van der Waals surface area contributed by atoms with E-state index < -0.39 is 10.0 Å². The molecule has 1 aliphatic rings. The molecule has 0 spiro atoms. The Morgan fingerprint density at radius 2 is 1.42 bits per heavy atom. The van der Waals surface area contributed by atoms with Gasteiger partial charge >= 0.3 is 0 Å². The number of hydrogen-bond donors (Lipinski definition) is 1. The van der Waals surface area contributed by atoms with Gasteiger partial charge in [-0.25, -0.2) is 13.1 Å². The lowest BCUT2D eigenvalue weighted by Gasteiger charge is -2.37. The Morgan fingerprint density at radius 1 is 0.885 bits per heavy atom. The summed E-state index contributed by atoms with van der Waals surface area (Å²) in [5.41, 5.74) is 1.34. The molecule has 0 bridgehead atoms. The SMILES string of the molecule is CN(C)C(c1ccccc1)C1CCC(NS(=O)(=O)c2ccccc2)CC1. The Labute approximate surface area is 157 Å². The molecule has 5 heteroatoms. The number of sulfonamides is 1. The fourth-order valence-corrected chi connectivity index (χ4v) is 5.41. The van der Waals surface area contributed by atoms with E-state index in [0.29, 0.717) is 16.9 Å². The number of nitrogens with zero attached hydrogens (tertiary/aromatic N) is 1. The molecule has 140 valence electrons. The molecule has 3 rings (SSSR count). The first-order chi connectivity index (χ1) is 12.5. The topological polar surface area (TPSA) is 49.4 Å². The van der Waals surface area contributed by atoms with E-state index in [1.807, 2.05) is 12.1 Å². The number of benzene rings is 2. The van der Waals surface area contributed by atoms with E-state index in [-0.39, 0.29) is 6.04 Å². The average Bonchev–Trinajstić information content (AvgIpc) is 2.64. The van der Waals surface area contributed by atoms with E-state index in [1.54, 1.807) is 24.3 Å². The first kappa shape index (κ1) is 19.1. The summed E-state index contributed by atoms with van der Waals surface area (Å²) in [6, 6.07) is 19.6. The van der Waals surface area contributed by atoms with Crippen LogP contribution in [0.3, 0.4) is 0 Å². The second kappa shape index (κ2) is 8.33. The summed E-state index contributed by atoms with van der Waals surface area (Å²) in [4.78, 5) is 2.63. The highest BCUT2D eigenvalue weighted by molar-refractivity contribution is 7.89. The lowest BCUT2D eigenvalue weighted by Crippen LogP contribution is -2.39. The Kier molecular flexibility index (Phi) is 6.12. The fourth-order valence-electron chi connectivity index (χ4n) is 4.08. The number of hydrogen-bond acceptors (Lipinski definition) is 3. The normalized spacial score (nSPS) is 22.3. The first-order valence-corrected chi connectivity index (χ1v) is 10.7. The van der Waals surface area contributed by atoms with Gasteiger partial charge in [-0.3, -0.25) is 0 Å². The molecule has 1 atom stereocenters. The summed E-state index contributed by atoms with van der Waals surface area (Å²) in [6.45, 7) is 0. The van der Waals surface area contributed by atoms with E-state index in [9.17, 15) is 8.42 Å². The average molecular weight is 373 g/mol. The van der Waals surface area contributed by atoms with Gasteiger partial charge in [-0.15, -0.1) is 0 Å². The third-order valence-electron chi connectivity index (χ3n) is 5.29. The van der Waals surface area contributed by atoms with Gasteiger partial charge in [-0.1, -0.05) is 48.5 Å². The molecule has 1 fully saturated rings. The van der Waals surface area contributed by atoms with Crippen LogP contribution in [0.5, 0.6) is 0 Å². The minimum atomic E-state index is -3.43. The van der Waals surface area contributed by atoms with Crippen molar-refractivity contribution in [2.45, 2.75) is 42.7 Å². The Bertz CT molecular complexity index is 783. The van der Waals surface area contributed by atoms with Gasteiger partial charge in [0.25, 0.3) is 0 Å². The van der Waals surface area contributed by atoms with Crippen LogP contribution >= 0.6 is 0 Å². The number of rotatable bonds is 6. The summed E-state index contributed by atoms with van der Waals surface area (Å²) in [6.07, 6.45) is 3.82. The van der Waals surface area contributed by atoms with Crippen molar-refractivity contribution >= 4 is 10.0 Å². The van der Waals surface area contributed by atoms with Gasteiger partial charge in [0.1, 0.15) is 0 Å². The van der Waals surface area contributed by atoms with Crippen LogP contribution in [0.25, 0.3) is 0 Å². The molecular formula is C21H28N2O2S. The highest BCUT2D eigenvalue weighted by Gasteiger charge is 2.31. The molecule has 0 aliphatic heterocycles. The zero-order valence-electron chi connectivity index (χ0n) is 15.5. The molecule has 0 amide bonds. The van der Waals surface area contributed by atoms with Gasteiger partial charge in [0.05, 0.1) is 4.90 Å². The third-order valence-corrected chi connectivity index (χ3v) is 6.83. The van der Waals surface area contributed by atoms with E-state index in [2.05, 4.69) is 48.0 Å². The van der Waals surface area contributed by atoms with E-state index in [1.165, 1.54) is 5.56 Å². The molecule has 0 radical (unpaired) electrons. The van der Waals surface area contributed by atoms with Crippen molar-refractivity contribution in [3.63, 3.8) is 0 Å². The summed E-state index contributed by atoms with van der Waals surface area (Å²) in [5.74, 6) is 0.546. The molecule has 1 aliphatic carbocycles. The molecule has 1 saturated carbocycles. The van der Waals surface area contributed by atoms with Gasteiger partial charge in [-0.05, 0) is 63.4 Å². The quantitative estimate of drug-likeness (QED) is 0.838. The Balaban J connectivity index is 1.63. The van der Waals surface area contributed by atoms with Gasteiger partial charge in [0.2, 0.25) is 10.0 Å². The standard InChI is InChI=1S/C21H28N2O2S/c1-23(2)21(17-9-5-3-6-10-17)18-13-15-19(16-14-18)22-26(24,25)20-11-7-4-8-12-20/h3-12,18-19,21-22H,13-16H2,1-2H3. The molecule has 2 aromatic rings. The van der Waals surface area contributed by atoms with Crippen LogP contribution in [0.4, 0.5) is 0 Å². The maximum Gasteiger partial charge on any atom is 0.240 e. The van der Waals surface area contributed by atoms with Crippen LogP contribution in [0.2, 0.25) is 0 Å². The molecule has 0 saturated heterocycles. The molecule has 1 N–H and O–H groups in total. The van der Waals surface area contributed by atoms with Crippen LogP contribution in [0.15, 0.2) is 65.6 Å². The molecule has 26 heavy (non-hydrogen) atoms. The summed E-state index contributed by atoms with van der Waals surface area (Å²) in [7, 11) is 0.827. The van der Waals surface area contributed by atoms with Crippen LogP contribution in [-0.4, -0.2) is 33.5 Å². The van der Waals surface area contributed by atoms with Crippen molar-refractivity contribution in [1.82, 2.24) is 9.62 Å². The zero-order valence-corrected chi connectivity index (χ0v) is 16.3. The van der Waals surface area contributed by atoms with Gasteiger partial charge in [0.15, 0.2) is 0 Å². The van der Waals surface area contributed by atoms with Crippen molar-refractivity contribution in [3.05, 3.63) is 66.2 Å². The highest BCUT2D eigenvalue weighted by atomic mass is 32.2. The monoisotopic (exact) mass is 372 g/mol. The zero-order chi connectivity index (χ0) is 18.6. The van der Waals surface area contributed by atoms with Gasteiger partial charge < -0.3 is 4.90 Å². The lowest BCUT2D eigenvalue weighted by atomic mass is 9.79. The van der Waals surface area contributed by atoms with Crippen LogP contribution in [-0.2, 0) is 10.0 Å². The van der Waals surface area contributed by atoms with Gasteiger partial charge in [0, 0.05) is 12.1 Å². The van der Waals surface area contributed by atoms with Crippen LogP contribution in [0, 0.1) is 5.92 Å². The summed E-state index contributed by atoms with van der Waals surface area (Å²) >= 11 is 0. The van der Waals surface area contributed by atoms with Crippen molar-refractivity contribution in [3.8, 4) is 0 Å². The van der Waals surface area contributed by atoms with E-state index >= 15 is 0 Å². The van der Waals surface area contributed by atoms with Crippen molar-refractivity contribution in [2.75, 3.05) is 14.1 Å². The molecule has 0 heterocycles. The Morgan fingerprint density at radius 3 is 1.96 bits per heavy atom. The molecule has 1 unspecified atom stereocenters. The smallest absolute Gasteiger partial charge is 0.240 e. The predicted octanol–water partition coefficient (Wildman–Crippen LogP) is 3.83. The predicted molar refractivity (Wildman–Crippen MR) is 105 cm³/mol. The molecule has 2 aromatic carbocycles. The Hall–Kier alpha value is -1.69.